The molecule has 0 saturated carbocycles. The van der Waals surface area contributed by atoms with E-state index in [0.29, 0.717) is 0 Å². The normalized spacial score (nSPS) is 9.62. The minimum absolute atomic E-state index is 0. The quantitative estimate of drug-likeness (QED) is 0.446. The Morgan fingerprint density at radius 2 is 1.24 bits per heavy atom. The zero-order valence-corrected chi connectivity index (χ0v) is 14.8. The summed E-state index contributed by atoms with van der Waals surface area (Å²) in [7, 11) is 3.37. The minimum Gasteiger partial charge on any atom is -0.564 e. The molecule has 3 heterocycles. The van der Waals surface area contributed by atoms with Crippen molar-refractivity contribution in [3.8, 4) is 31.0 Å². The molecule has 98 valence electrons. The van der Waals surface area contributed by atoms with Crippen molar-refractivity contribution in [2.75, 3.05) is 14.2 Å². The number of hydrogen-bond acceptors (Lipinski definition) is 5. The standard InChI is InChI=1S/C14H10O2S3.2Li/c1-15-9-5-7-17-13(9)11-3-4-12(19-11)14-10(16-2)6-8-18-14;;/h3-6H,1-2H3;;/q-2;2*+1. The third-order valence-corrected chi connectivity index (χ3v) is 5.74. The molecule has 0 unspecified atom stereocenters. The summed E-state index contributed by atoms with van der Waals surface area (Å²) in [5.41, 5.74) is 0. The van der Waals surface area contributed by atoms with Gasteiger partial charge in [-0.05, 0) is 21.3 Å². The number of hydrogen-bond donors (Lipinski definition) is 0. The van der Waals surface area contributed by atoms with E-state index in [2.05, 4.69) is 22.9 Å². The Bertz CT molecular complexity index is 631. The smallest absolute Gasteiger partial charge is 0.564 e. The van der Waals surface area contributed by atoms with E-state index < -0.39 is 0 Å². The first-order valence-electron chi connectivity index (χ1n) is 5.51. The molecule has 0 aliphatic carbocycles. The summed E-state index contributed by atoms with van der Waals surface area (Å²) in [4.78, 5) is 4.62. The van der Waals surface area contributed by atoms with Crippen molar-refractivity contribution >= 4 is 34.0 Å². The van der Waals surface area contributed by atoms with Gasteiger partial charge in [-0.2, -0.15) is 11.3 Å². The van der Waals surface area contributed by atoms with Crippen LogP contribution in [0, 0.1) is 10.8 Å². The van der Waals surface area contributed by atoms with E-state index in [1.807, 2.05) is 12.1 Å². The summed E-state index contributed by atoms with van der Waals surface area (Å²) in [6, 6.07) is 7.97. The van der Waals surface area contributed by atoms with Gasteiger partial charge in [0.1, 0.15) is 0 Å². The topological polar surface area (TPSA) is 18.5 Å². The summed E-state index contributed by atoms with van der Waals surface area (Å²) in [6.45, 7) is 0. The average Bonchev–Trinajstić information content (AvgIpc) is 3.16. The summed E-state index contributed by atoms with van der Waals surface area (Å²) < 4.78 is 10.7. The molecule has 2 nitrogen and oxygen atoms in total. The van der Waals surface area contributed by atoms with Crippen LogP contribution in [0.15, 0.2) is 24.3 Å². The molecule has 0 bridgehead atoms. The van der Waals surface area contributed by atoms with Gasteiger partial charge in [0.25, 0.3) is 0 Å². The average molecular weight is 320 g/mol. The molecule has 0 amide bonds. The van der Waals surface area contributed by atoms with Crippen molar-refractivity contribution in [3.05, 3.63) is 35.0 Å². The van der Waals surface area contributed by atoms with Crippen molar-refractivity contribution in [2.45, 2.75) is 0 Å². The predicted octanol–water partition coefficient (Wildman–Crippen LogP) is -1.17. The molecule has 3 rings (SSSR count). The molecule has 0 atom stereocenters. The molecule has 21 heavy (non-hydrogen) atoms. The van der Waals surface area contributed by atoms with Gasteiger partial charge < -0.3 is 9.47 Å². The minimum atomic E-state index is 0. The van der Waals surface area contributed by atoms with E-state index in [-0.39, 0.29) is 37.7 Å². The molecule has 7 heteroatoms. The van der Waals surface area contributed by atoms with Crippen molar-refractivity contribution in [3.63, 3.8) is 0 Å². The first-order valence-corrected chi connectivity index (χ1v) is 7.96. The predicted molar refractivity (Wildman–Crippen MR) is 81.7 cm³/mol. The molecule has 0 aliphatic heterocycles. The van der Waals surface area contributed by atoms with E-state index in [9.17, 15) is 0 Å². The van der Waals surface area contributed by atoms with Gasteiger partial charge in [0.2, 0.25) is 0 Å². The summed E-state index contributed by atoms with van der Waals surface area (Å²) in [5.74, 6) is 1.76. The Morgan fingerprint density at radius 1 is 0.810 bits per heavy atom. The molecule has 0 fully saturated rings. The van der Waals surface area contributed by atoms with Crippen LogP contribution >= 0.6 is 34.0 Å². The molecule has 3 aromatic heterocycles. The second-order valence-corrected chi connectivity index (χ2v) is 6.47. The molecular weight excluding hydrogens is 310 g/mol. The summed E-state index contributed by atoms with van der Waals surface area (Å²) in [5, 5.41) is 6.22. The zero-order chi connectivity index (χ0) is 13.2. The summed E-state index contributed by atoms with van der Waals surface area (Å²) in [6.07, 6.45) is 0. The van der Waals surface area contributed by atoms with Gasteiger partial charge in [0.05, 0.1) is 14.2 Å². The van der Waals surface area contributed by atoms with Crippen molar-refractivity contribution in [2.24, 2.45) is 0 Å². The fourth-order valence-corrected chi connectivity index (χ4v) is 4.53. The van der Waals surface area contributed by atoms with Gasteiger partial charge in [0, 0.05) is 0 Å². The Kier molecular flexibility index (Phi) is 7.67. The molecular formula is C14H10Li2O2S3. The maximum Gasteiger partial charge on any atom is 1.00 e. The Balaban J connectivity index is 0.00000110. The fourth-order valence-electron chi connectivity index (χ4n) is 1.74. The molecule has 0 spiro atoms. The Labute approximate surface area is 160 Å². The third kappa shape index (κ3) is 3.81. The van der Waals surface area contributed by atoms with Gasteiger partial charge in [-0.3, -0.25) is 22.7 Å². The Morgan fingerprint density at radius 3 is 1.62 bits per heavy atom. The van der Waals surface area contributed by atoms with Crippen molar-refractivity contribution < 1.29 is 47.2 Å². The van der Waals surface area contributed by atoms with Crippen molar-refractivity contribution in [1.29, 1.82) is 0 Å². The number of rotatable bonds is 4. The first kappa shape index (κ1) is 18.9. The molecule has 0 N–H and O–H groups in total. The molecule has 0 saturated heterocycles. The zero-order valence-electron chi connectivity index (χ0n) is 12.4. The fraction of sp³-hybridized carbons (Fsp3) is 0.143. The van der Waals surface area contributed by atoms with Crippen LogP contribution in [0.4, 0.5) is 0 Å². The van der Waals surface area contributed by atoms with Gasteiger partial charge in [-0.15, -0.1) is 22.9 Å². The van der Waals surface area contributed by atoms with Gasteiger partial charge >= 0.3 is 37.7 Å². The van der Waals surface area contributed by atoms with E-state index in [0.717, 1.165) is 21.3 Å². The van der Waals surface area contributed by atoms with E-state index >= 15 is 0 Å². The monoisotopic (exact) mass is 320 g/mol. The van der Waals surface area contributed by atoms with Gasteiger partial charge in [0.15, 0.2) is 0 Å². The molecule has 0 aliphatic rings. The van der Waals surface area contributed by atoms with Crippen LogP contribution in [-0.4, -0.2) is 14.2 Å². The SMILES string of the molecule is COc1c[c-]sc1-c1ccc(-c2s[c-]cc2OC)s1.[Li+].[Li+]. The maximum absolute atomic E-state index is 5.34. The van der Waals surface area contributed by atoms with Gasteiger partial charge in [-0.25, -0.2) is 0 Å². The van der Waals surface area contributed by atoms with Crippen LogP contribution in [0.1, 0.15) is 0 Å². The largest absolute Gasteiger partial charge is 1.00 e. The summed E-state index contributed by atoms with van der Waals surface area (Å²) >= 11 is 4.87. The first-order chi connectivity index (χ1) is 9.33. The second kappa shape index (κ2) is 8.51. The number of thiophene rings is 3. The van der Waals surface area contributed by atoms with Crippen LogP contribution < -0.4 is 47.2 Å². The van der Waals surface area contributed by atoms with E-state index in [4.69, 9.17) is 9.47 Å². The second-order valence-electron chi connectivity index (χ2n) is 3.69. The molecule has 0 aromatic carbocycles. The molecule has 0 radical (unpaired) electrons. The van der Waals surface area contributed by atoms with Crippen LogP contribution in [0.25, 0.3) is 19.5 Å². The van der Waals surface area contributed by atoms with Crippen LogP contribution in [0.5, 0.6) is 11.5 Å². The maximum atomic E-state index is 5.34. The molecule has 3 aromatic rings. The third-order valence-electron chi connectivity index (χ3n) is 2.64. The van der Waals surface area contributed by atoms with Crippen molar-refractivity contribution in [1.82, 2.24) is 0 Å². The Hall–Kier alpha value is -0.105. The number of methoxy groups -OCH3 is 2. The van der Waals surface area contributed by atoms with Crippen LogP contribution in [0.3, 0.4) is 0 Å². The van der Waals surface area contributed by atoms with E-state index in [1.54, 1.807) is 48.2 Å². The van der Waals surface area contributed by atoms with E-state index in [1.165, 1.54) is 9.75 Å². The van der Waals surface area contributed by atoms with Gasteiger partial charge in [-0.1, -0.05) is 21.9 Å². The number of ether oxygens (including phenoxy) is 2. The van der Waals surface area contributed by atoms with Crippen LogP contribution in [0.2, 0.25) is 0 Å². The van der Waals surface area contributed by atoms with Crippen LogP contribution in [-0.2, 0) is 0 Å².